The molecule has 0 saturated carbocycles. The summed E-state index contributed by atoms with van der Waals surface area (Å²) in [4.78, 5) is 12.2. The summed E-state index contributed by atoms with van der Waals surface area (Å²) in [5.74, 6) is 0.684. The van der Waals surface area contributed by atoms with Gasteiger partial charge in [-0.2, -0.15) is 0 Å². The Bertz CT molecular complexity index is 529. The molecule has 94 valence electrons. The number of hydrogen-bond donors (Lipinski definition) is 1. The standard InChI is InChI=1S/C14H16N2O2/c1-18-13-4-2-12(3-5-13)14(17)16-9-7-11(10-16)6-8-15/h2-5,7,9-10H,6,8,15H2,1H3. The third-order valence-corrected chi connectivity index (χ3v) is 2.76. The molecule has 0 radical (unpaired) electrons. The Hall–Kier alpha value is -2.07. The van der Waals surface area contributed by atoms with Crippen LogP contribution in [0.4, 0.5) is 0 Å². The van der Waals surface area contributed by atoms with Crippen LogP contribution in [-0.2, 0) is 6.42 Å². The second-order valence-corrected chi connectivity index (χ2v) is 4.00. The van der Waals surface area contributed by atoms with Crippen molar-refractivity contribution in [3.8, 4) is 5.75 Å². The molecule has 0 aliphatic heterocycles. The molecule has 2 N–H and O–H groups in total. The fourth-order valence-corrected chi connectivity index (χ4v) is 1.76. The van der Waals surface area contributed by atoms with E-state index in [1.54, 1.807) is 42.1 Å². The minimum Gasteiger partial charge on any atom is -0.497 e. The first-order valence-electron chi connectivity index (χ1n) is 5.80. The molecular weight excluding hydrogens is 228 g/mol. The average Bonchev–Trinajstić information content (AvgIpc) is 2.87. The predicted octanol–water partition coefficient (Wildman–Crippen LogP) is 1.69. The highest BCUT2D eigenvalue weighted by atomic mass is 16.5. The lowest BCUT2D eigenvalue weighted by molar-refractivity contribution is 0.0960. The van der Waals surface area contributed by atoms with E-state index in [2.05, 4.69) is 0 Å². The first-order chi connectivity index (χ1) is 8.74. The lowest BCUT2D eigenvalue weighted by Gasteiger charge is -2.03. The topological polar surface area (TPSA) is 57.2 Å². The van der Waals surface area contributed by atoms with E-state index >= 15 is 0 Å². The van der Waals surface area contributed by atoms with Crippen molar-refractivity contribution in [1.82, 2.24) is 4.57 Å². The molecule has 0 unspecified atom stereocenters. The zero-order valence-electron chi connectivity index (χ0n) is 10.3. The molecule has 0 bridgehead atoms. The van der Waals surface area contributed by atoms with Gasteiger partial charge in [0.2, 0.25) is 0 Å². The minimum absolute atomic E-state index is 0.0547. The van der Waals surface area contributed by atoms with Crippen molar-refractivity contribution in [1.29, 1.82) is 0 Å². The van der Waals surface area contributed by atoms with Crippen molar-refractivity contribution < 1.29 is 9.53 Å². The molecule has 0 aliphatic carbocycles. The van der Waals surface area contributed by atoms with E-state index in [4.69, 9.17) is 10.5 Å². The van der Waals surface area contributed by atoms with Crippen molar-refractivity contribution in [2.24, 2.45) is 5.73 Å². The summed E-state index contributed by atoms with van der Waals surface area (Å²) in [6.45, 7) is 0.584. The maximum atomic E-state index is 12.2. The fourth-order valence-electron chi connectivity index (χ4n) is 1.76. The van der Waals surface area contributed by atoms with Crippen molar-refractivity contribution >= 4 is 5.91 Å². The molecule has 4 nitrogen and oxygen atoms in total. The fraction of sp³-hybridized carbons (Fsp3) is 0.214. The van der Waals surface area contributed by atoms with Gasteiger partial charge >= 0.3 is 0 Å². The number of carbonyl (C=O) groups is 1. The van der Waals surface area contributed by atoms with Gasteiger partial charge in [0.1, 0.15) is 5.75 Å². The van der Waals surface area contributed by atoms with Gasteiger partial charge in [0, 0.05) is 18.0 Å². The van der Waals surface area contributed by atoms with Crippen LogP contribution >= 0.6 is 0 Å². The zero-order chi connectivity index (χ0) is 13.0. The average molecular weight is 244 g/mol. The minimum atomic E-state index is -0.0547. The molecule has 1 heterocycles. The van der Waals surface area contributed by atoms with E-state index in [1.165, 1.54) is 0 Å². The maximum Gasteiger partial charge on any atom is 0.261 e. The van der Waals surface area contributed by atoms with Crippen LogP contribution in [0, 0.1) is 0 Å². The summed E-state index contributed by atoms with van der Waals surface area (Å²) in [5.41, 5.74) is 7.18. The molecule has 0 amide bonds. The molecule has 2 aromatic rings. The van der Waals surface area contributed by atoms with E-state index in [0.29, 0.717) is 12.1 Å². The monoisotopic (exact) mass is 244 g/mol. The van der Waals surface area contributed by atoms with E-state index in [0.717, 1.165) is 17.7 Å². The number of carbonyl (C=O) groups excluding carboxylic acids is 1. The molecule has 4 heteroatoms. The van der Waals surface area contributed by atoms with Crippen LogP contribution < -0.4 is 10.5 Å². The van der Waals surface area contributed by atoms with E-state index in [9.17, 15) is 4.79 Å². The zero-order valence-corrected chi connectivity index (χ0v) is 10.3. The van der Waals surface area contributed by atoms with Crippen LogP contribution in [0.2, 0.25) is 0 Å². The largest absolute Gasteiger partial charge is 0.497 e. The Morgan fingerprint density at radius 2 is 2.00 bits per heavy atom. The third-order valence-electron chi connectivity index (χ3n) is 2.76. The number of ether oxygens (including phenoxy) is 1. The second-order valence-electron chi connectivity index (χ2n) is 4.00. The Morgan fingerprint density at radius 3 is 2.61 bits per heavy atom. The first-order valence-corrected chi connectivity index (χ1v) is 5.80. The highest BCUT2D eigenvalue weighted by Crippen LogP contribution is 2.13. The highest BCUT2D eigenvalue weighted by Gasteiger charge is 2.08. The quantitative estimate of drug-likeness (QED) is 0.890. The van der Waals surface area contributed by atoms with Gasteiger partial charge in [0.15, 0.2) is 0 Å². The molecule has 1 aromatic heterocycles. The highest BCUT2D eigenvalue weighted by molar-refractivity contribution is 5.96. The summed E-state index contributed by atoms with van der Waals surface area (Å²) >= 11 is 0. The van der Waals surface area contributed by atoms with Gasteiger partial charge < -0.3 is 10.5 Å². The van der Waals surface area contributed by atoms with Gasteiger partial charge in [0.25, 0.3) is 5.91 Å². The molecule has 0 fully saturated rings. The molecule has 0 spiro atoms. The Balaban J connectivity index is 2.18. The number of nitrogens with zero attached hydrogens (tertiary/aromatic N) is 1. The summed E-state index contributed by atoms with van der Waals surface area (Å²) in [6.07, 6.45) is 4.36. The molecule has 18 heavy (non-hydrogen) atoms. The number of nitrogens with two attached hydrogens (primary N) is 1. The Labute approximate surface area is 106 Å². The second kappa shape index (κ2) is 5.51. The summed E-state index contributed by atoms with van der Waals surface area (Å²) < 4.78 is 6.63. The predicted molar refractivity (Wildman–Crippen MR) is 69.9 cm³/mol. The van der Waals surface area contributed by atoms with Crippen LogP contribution in [0.1, 0.15) is 15.9 Å². The number of aromatic nitrogens is 1. The third kappa shape index (κ3) is 2.60. The number of methoxy groups -OCH3 is 1. The lowest BCUT2D eigenvalue weighted by atomic mass is 10.2. The van der Waals surface area contributed by atoms with Crippen LogP contribution in [0.5, 0.6) is 5.75 Å². The molecular formula is C14H16N2O2. The molecule has 1 aromatic carbocycles. The van der Waals surface area contributed by atoms with Crippen molar-refractivity contribution in [2.45, 2.75) is 6.42 Å². The van der Waals surface area contributed by atoms with Gasteiger partial charge in [-0.15, -0.1) is 0 Å². The van der Waals surface area contributed by atoms with Crippen molar-refractivity contribution in [3.63, 3.8) is 0 Å². The smallest absolute Gasteiger partial charge is 0.261 e. The van der Waals surface area contributed by atoms with Gasteiger partial charge in [-0.1, -0.05) is 0 Å². The normalized spacial score (nSPS) is 10.3. The SMILES string of the molecule is COc1ccc(C(=O)n2ccc(CCN)c2)cc1. The molecule has 0 saturated heterocycles. The first kappa shape index (κ1) is 12.4. The Morgan fingerprint density at radius 1 is 1.28 bits per heavy atom. The number of benzene rings is 1. The van der Waals surface area contributed by atoms with Gasteiger partial charge in [-0.05, 0) is 48.9 Å². The van der Waals surface area contributed by atoms with Crippen molar-refractivity contribution in [3.05, 3.63) is 53.9 Å². The van der Waals surface area contributed by atoms with Crippen LogP contribution in [0.25, 0.3) is 0 Å². The Kier molecular flexibility index (Phi) is 3.79. The number of rotatable bonds is 4. The molecule has 0 atom stereocenters. The summed E-state index contributed by atoms with van der Waals surface area (Å²) in [5, 5.41) is 0. The van der Waals surface area contributed by atoms with Crippen LogP contribution in [-0.4, -0.2) is 24.1 Å². The number of hydrogen-bond acceptors (Lipinski definition) is 3. The van der Waals surface area contributed by atoms with E-state index in [-0.39, 0.29) is 5.91 Å². The van der Waals surface area contributed by atoms with Crippen molar-refractivity contribution in [2.75, 3.05) is 13.7 Å². The van der Waals surface area contributed by atoms with Gasteiger partial charge in [-0.25, -0.2) is 0 Å². The van der Waals surface area contributed by atoms with Crippen LogP contribution in [0.3, 0.4) is 0 Å². The van der Waals surface area contributed by atoms with Gasteiger partial charge in [0.05, 0.1) is 7.11 Å². The van der Waals surface area contributed by atoms with E-state index in [1.807, 2.05) is 12.3 Å². The summed E-state index contributed by atoms with van der Waals surface area (Å²) in [6, 6.07) is 8.97. The lowest BCUT2D eigenvalue weighted by Crippen LogP contribution is -2.09. The molecule has 0 aliphatic rings. The maximum absolute atomic E-state index is 12.2. The molecule has 2 rings (SSSR count). The summed E-state index contributed by atoms with van der Waals surface area (Å²) in [7, 11) is 1.60. The van der Waals surface area contributed by atoms with Gasteiger partial charge in [-0.3, -0.25) is 9.36 Å². The van der Waals surface area contributed by atoms with E-state index < -0.39 is 0 Å². The van der Waals surface area contributed by atoms with Crippen LogP contribution in [0.15, 0.2) is 42.7 Å².